The molecule has 122 valence electrons. The van der Waals surface area contributed by atoms with E-state index >= 15 is 0 Å². The van der Waals surface area contributed by atoms with Crippen molar-refractivity contribution in [3.63, 3.8) is 0 Å². The zero-order chi connectivity index (χ0) is 17.0. The fraction of sp³-hybridized carbons (Fsp3) is 0.353. The molecule has 1 heterocycles. The maximum absolute atomic E-state index is 12.0. The van der Waals surface area contributed by atoms with E-state index in [4.69, 9.17) is 4.74 Å². The van der Waals surface area contributed by atoms with Gasteiger partial charge in [0, 0.05) is 17.2 Å². The monoisotopic (exact) mass is 315 g/mol. The fourth-order valence-corrected chi connectivity index (χ4v) is 2.09. The van der Waals surface area contributed by atoms with Gasteiger partial charge in [0.15, 0.2) is 0 Å². The van der Waals surface area contributed by atoms with Crippen molar-refractivity contribution in [1.82, 2.24) is 15.1 Å². The molecule has 0 saturated carbocycles. The van der Waals surface area contributed by atoms with Gasteiger partial charge in [-0.15, -0.1) is 0 Å². The average molecular weight is 315 g/mol. The number of nitrogens with one attached hydrogen (secondary N) is 1. The molecule has 1 N–H and O–H groups in total. The van der Waals surface area contributed by atoms with Gasteiger partial charge in [0.1, 0.15) is 12.3 Å². The zero-order valence-corrected chi connectivity index (χ0v) is 13.8. The Morgan fingerprint density at radius 3 is 2.65 bits per heavy atom. The number of benzene rings is 1. The summed E-state index contributed by atoms with van der Waals surface area (Å²) < 4.78 is 6.35. The summed E-state index contributed by atoms with van der Waals surface area (Å²) in [7, 11) is 1.59. The van der Waals surface area contributed by atoms with Crippen molar-refractivity contribution in [2.45, 2.75) is 32.9 Å². The number of aromatic nitrogens is 2. The zero-order valence-electron chi connectivity index (χ0n) is 13.8. The molecular weight excluding hydrogens is 294 g/mol. The van der Waals surface area contributed by atoms with Crippen molar-refractivity contribution >= 4 is 5.91 Å². The van der Waals surface area contributed by atoms with Crippen molar-refractivity contribution in [2.75, 3.05) is 7.11 Å². The van der Waals surface area contributed by atoms with Gasteiger partial charge in [0.2, 0.25) is 5.91 Å². The number of carbonyl (C=O) groups is 1. The molecule has 23 heavy (non-hydrogen) atoms. The van der Waals surface area contributed by atoms with Crippen molar-refractivity contribution < 1.29 is 9.53 Å². The molecule has 6 nitrogen and oxygen atoms in total. The number of amides is 1. The number of ether oxygens (including phenoxy) is 1. The lowest BCUT2D eigenvalue weighted by molar-refractivity contribution is -0.123. The Balaban J connectivity index is 2.28. The first-order chi connectivity index (χ1) is 10.8. The van der Waals surface area contributed by atoms with Crippen LogP contribution >= 0.6 is 0 Å². The van der Waals surface area contributed by atoms with Gasteiger partial charge in [0.05, 0.1) is 12.8 Å². The van der Waals surface area contributed by atoms with Crippen molar-refractivity contribution in [3.05, 3.63) is 46.8 Å². The molecule has 2 aromatic rings. The van der Waals surface area contributed by atoms with Gasteiger partial charge in [-0.05, 0) is 39.0 Å². The molecule has 0 aliphatic rings. The number of carbonyl (C=O) groups excluding carboxylic acids is 1. The van der Waals surface area contributed by atoms with E-state index in [1.807, 2.05) is 45.0 Å². The fourth-order valence-electron chi connectivity index (χ4n) is 2.09. The lowest BCUT2D eigenvalue weighted by atomic mass is 10.1. The van der Waals surface area contributed by atoms with Gasteiger partial charge in [-0.1, -0.05) is 12.1 Å². The van der Waals surface area contributed by atoms with Crippen LogP contribution in [0.5, 0.6) is 5.75 Å². The minimum atomic E-state index is -0.356. The number of hydrogen-bond donors (Lipinski definition) is 1. The van der Waals surface area contributed by atoms with E-state index in [1.165, 1.54) is 6.07 Å². The predicted molar refractivity (Wildman–Crippen MR) is 88.4 cm³/mol. The first kappa shape index (κ1) is 16.7. The molecule has 0 bridgehead atoms. The topological polar surface area (TPSA) is 73.2 Å². The molecule has 0 aliphatic carbocycles. The second kappa shape index (κ2) is 6.64. The van der Waals surface area contributed by atoms with Crippen LogP contribution in [-0.2, 0) is 11.3 Å². The average Bonchev–Trinajstić information content (AvgIpc) is 2.47. The molecule has 2 rings (SSSR count). The van der Waals surface area contributed by atoms with E-state index in [9.17, 15) is 9.59 Å². The predicted octanol–water partition coefficient (Wildman–Crippen LogP) is 1.83. The molecule has 0 saturated heterocycles. The van der Waals surface area contributed by atoms with Gasteiger partial charge >= 0.3 is 0 Å². The van der Waals surface area contributed by atoms with Crippen molar-refractivity contribution in [2.24, 2.45) is 0 Å². The Morgan fingerprint density at radius 2 is 2.00 bits per heavy atom. The minimum Gasteiger partial charge on any atom is -0.497 e. The molecule has 6 heteroatoms. The normalized spacial score (nSPS) is 11.1. The van der Waals surface area contributed by atoms with Crippen LogP contribution in [0.4, 0.5) is 0 Å². The van der Waals surface area contributed by atoms with Crippen LogP contribution in [0.2, 0.25) is 0 Å². The quantitative estimate of drug-likeness (QED) is 0.934. The number of methoxy groups -OCH3 is 1. The van der Waals surface area contributed by atoms with Crippen LogP contribution in [-0.4, -0.2) is 28.3 Å². The van der Waals surface area contributed by atoms with Crippen LogP contribution in [0, 0.1) is 0 Å². The summed E-state index contributed by atoms with van der Waals surface area (Å²) in [6.07, 6.45) is 0. The van der Waals surface area contributed by atoms with E-state index in [2.05, 4.69) is 10.4 Å². The molecule has 1 aromatic heterocycles. The Labute approximate surface area is 135 Å². The molecule has 0 unspecified atom stereocenters. The van der Waals surface area contributed by atoms with Gasteiger partial charge in [0.25, 0.3) is 5.56 Å². The smallest absolute Gasteiger partial charge is 0.267 e. The summed E-state index contributed by atoms with van der Waals surface area (Å²) in [6.45, 7) is 5.53. The van der Waals surface area contributed by atoms with Gasteiger partial charge in [-0.3, -0.25) is 9.59 Å². The van der Waals surface area contributed by atoms with E-state index < -0.39 is 0 Å². The maximum atomic E-state index is 12.0. The van der Waals surface area contributed by atoms with E-state index in [1.54, 1.807) is 13.2 Å². The highest BCUT2D eigenvalue weighted by molar-refractivity contribution is 5.76. The Morgan fingerprint density at radius 1 is 1.26 bits per heavy atom. The Kier molecular flexibility index (Phi) is 4.83. The van der Waals surface area contributed by atoms with Crippen LogP contribution in [0.25, 0.3) is 11.3 Å². The summed E-state index contributed by atoms with van der Waals surface area (Å²) in [6, 6.07) is 10.4. The molecule has 0 radical (unpaired) electrons. The van der Waals surface area contributed by atoms with Crippen LogP contribution in [0.3, 0.4) is 0 Å². The van der Waals surface area contributed by atoms with Crippen LogP contribution in [0.1, 0.15) is 20.8 Å². The van der Waals surface area contributed by atoms with E-state index in [-0.39, 0.29) is 23.6 Å². The summed E-state index contributed by atoms with van der Waals surface area (Å²) >= 11 is 0. The molecule has 0 spiro atoms. The number of hydrogen-bond acceptors (Lipinski definition) is 4. The first-order valence-corrected chi connectivity index (χ1v) is 7.32. The second-order valence-electron chi connectivity index (χ2n) is 6.24. The van der Waals surface area contributed by atoms with Gasteiger partial charge in [-0.2, -0.15) is 5.10 Å². The highest BCUT2D eigenvalue weighted by atomic mass is 16.5. The SMILES string of the molecule is COc1cccc(-c2ccc(=O)n(CC(=O)NC(C)(C)C)n2)c1. The lowest BCUT2D eigenvalue weighted by Crippen LogP contribution is -2.43. The maximum Gasteiger partial charge on any atom is 0.267 e. The molecule has 1 aromatic carbocycles. The Hall–Kier alpha value is -2.63. The summed E-state index contributed by atoms with van der Waals surface area (Å²) in [5.74, 6) is 0.447. The summed E-state index contributed by atoms with van der Waals surface area (Å²) in [5, 5.41) is 7.09. The summed E-state index contributed by atoms with van der Waals surface area (Å²) in [5.41, 5.74) is 0.743. The third kappa shape index (κ3) is 4.67. The lowest BCUT2D eigenvalue weighted by Gasteiger charge is -2.20. The summed E-state index contributed by atoms with van der Waals surface area (Å²) in [4.78, 5) is 23.9. The highest BCUT2D eigenvalue weighted by Crippen LogP contribution is 2.21. The third-order valence-electron chi connectivity index (χ3n) is 3.04. The Bertz CT molecular complexity index is 760. The minimum absolute atomic E-state index is 0.117. The molecule has 0 aliphatic heterocycles. The van der Waals surface area contributed by atoms with E-state index in [0.29, 0.717) is 11.4 Å². The molecule has 1 amide bonds. The van der Waals surface area contributed by atoms with Crippen molar-refractivity contribution in [1.29, 1.82) is 0 Å². The van der Waals surface area contributed by atoms with Gasteiger partial charge in [-0.25, -0.2) is 4.68 Å². The standard InChI is InChI=1S/C17H21N3O3/c1-17(2,3)18-15(21)11-20-16(22)9-8-14(19-20)12-6-5-7-13(10-12)23-4/h5-10H,11H2,1-4H3,(H,18,21). The molecule has 0 atom stereocenters. The first-order valence-electron chi connectivity index (χ1n) is 7.32. The van der Waals surface area contributed by atoms with Gasteiger partial charge < -0.3 is 10.1 Å². The second-order valence-corrected chi connectivity index (χ2v) is 6.24. The van der Waals surface area contributed by atoms with Crippen LogP contribution in [0.15, 0.2) is 41.2 Å². The third-order valence-corrected chi connectivity index (χ3v) is 3.04. The molecular formula is C17H21N3O3. The highest BCUT2D eigenvalue weighted by Gasteiger charge is 2.15. The largest absolute Gasteiger partial charge is 0.497 e. The number of rotatable bonds is 4. The molecule has 0 fully saturated rings. The van der Waals surface area contributed by atoms with E-state index in [0.717, 1.165) is 10.2 Å². The van der Waals surface area contributed by atoms with Crippen molar-refractivity contribution in [3.8, 4) is 17.0 Å². The number of nitrogens with zero attached hydrogens (tertiary/aromatic N) is 2. The van der Waals surface area contributed by atoms with Crippen LogP contribution < -0.4 is 15.6 Å².